The van der Waals surface area contributed by atoms with Crippen molar-refractivity contribution in [3.63, 3.8) is 0 Å². The molecule has 0 saturated carbocycles. The minimum atomic E-state index is 0.841. The van der Waals surface area contributed by atoms with Crippen LogP contribution >= 0.6 is 0 Å². The van der Waals surface area contributed by atoms with E-state index in [0.717, 1.165) is 18.4 Å². The molecule has 0 aliphatic carbocycles. The fourth-order valence-corrected chi connectivity index (χ4v) is 2.89. The lowest BCUT2D eigenvalue weighted by Gasteiger charge is -2.23. The Morgan fingerprint density at radius 1 is 0.727 bits per heavy atom. The molecule has 0 aliphatic rings. The average molecular weight is 304 g/mol. The third kappa shape index (κ3) is 10.00. The topological polar surface area (TPSA) is 3.24 Å². The molecule has 22 heavy (non-hydrogen) atoms. The maximum absolute atomic E-state index is 2.66. The summed E-state index contributed by atoms with van der Waals surface area (Å²) in [6.07, 6.45) is 8.16. The van der Waals surface area contributed by atoms with E-state index in [0.29, 0.717) is 0 Å². The summed E-state index contributed by atoms with van der Waals surface area (Å²) in [4.78, 5) is 2.66. The molecule has 0 bridgehead atoms. The van der Waals surface area contributed by atoms with Crippen LogP contribution in [0.3, 0.4) is 0 Å². The maximum atomic E-state index is 2.66. The largest absolute Gasteiger partial charge is 0.299 e. The number of unbranched alkanes of at least 4 members (excludes halogenated alkanes) is 2. The molecule has 1 heteroatoms. The van der Waals surface area contributed by atoms with Crippen molar-refractivity contribution in [3.05, 3.63) is 35.9 Å². The summed E-state index contributed by atoms with van der Waals surface area (Å²) in [6, 6.07) is 10.9. The third-order valence-corrected chi connectivity index (χ3v) is 4.26. The highest BCUT2D eigenvalue weighted by Gasteiger charge is 2.06. The van der Waals surface area contributed by atoms with Gasteiger partial charge in [0.1, 0.15) is 0 Å². The summed E-state index contributed by atoms with van der Waals surface area (Å²) in [5, 5.41) is 0. The van der Waals surface area contributed by atoms with Crippen molar-refractivity contribution in [1.29, 1.82) is 0 Å². The zero-order valence-electron chi connectivity index (χ0n) is 15.4. The molecule has 0 heterocycles. The summed E-state index contributed by atoms with van der Waals surface area (Å²) in [6.45, 7) is 12.9. The molecule has 0 N–H and O–H groups in total. The molecule has 1 aromatic rings. The van der Waals surface area contributed by atoms with Gasteiger partial charge in [0.25, 0.3) is 0 Å². The lowest BCUT2D eigenvalue weighted by atomic mass is 10.1. The SMILES string of the molecule is CC(C)CCCCN(CCCCC(C)C)Cc1ccccc1. The van der Waals surface area contributed by atoms with Crippen LogP contribution < -0.4 is 0 Å². The van der Waals surface area contributed by atoms with Crippen molar-refractivity contribution in [2.75, 3.05) is 13.1 Å². The molecule has 0 spiro atoms. The Morgan fingerprint density at radius 2 is 1.23 bits per heavy atom. The van der Waals surface area contributed by atoms with E-state index in [9.17, 15) is 0 Å². The summed E-state index contributed by atoms with van der Waals surface area (Å²) in [5.74, 6) is 1.68. The Morgan fingerprint density at radius 3 is 1.68 bits per heavy atom. The predicted molar refractivity (Wildman–Crippen MR) is 99.1 cm³/mol. The van der Waals surface area contributed by atoms with Gasteiger partial charge in [0.05, 0.1) is 0 Å². The first-order valence-electron chi connectivity index (χ1n) is 9.34. The molecule has 0 unspecified atom stereocenters. The van der Waals surface area contributed by atoms with Gasteiger partial charge in [0.15, 0.2) is 0 Å². The highest BCUT2D eigenvalue weighted by atomic mass is 15.1. The highest BCUT2D eigenvalue weighted by molar-refractivity contribution is 5.14. The number of hydrogen-bond donors (Lipinski definition) is 0. The third-order valence-electron chi connectivity index (χ3n) is 4.26. The monoisotopic (exact) mass is 303 g/mol. The van der Waals surface area contributed by atoms with Crippen LogP contribution in [0.5, 0.6) is 0 Å². The first-order chi connectivity index (χ1) is 10.6. The Bertz CT molecular complexity index is 339. The normalized spacial score (nSPS) is 11.8. The van der Waals surface area contributed by atoms with Crippen LogP contribution in [0.1, 0.15) is 71.8 Å². The van der Waals surface area contributed by atoms with Crippen LogP contribution in [0.25, 0.3) is 0 Å². The quantitative estimate of drug-likeness (QED) is 0.419. The standard InChI is InChI=1S/C21H37N/c1-19(2)12-8-10-16-22(17-11-9-13-20(3)4)18-21-14-6-5-7-15-21/h5-7,14-15,19-20H,8-13,16-18H2,1-4H3. The molecule has 0 aliphatic heterocycles. The van der Waals surface area contributed by atoms with Gasteiger partial charge in [-0.05, 0) is 43.3 Å². The Kier molecular flexibility index (Phi) is 10.2. The first-order valence-corrected chi connectivity index (χ1v) is 9.34. The minimum Gasteiger partial charge on any atom is -0.299 e. The van der Waals surface area contributed by atoms with Crippen molar-refractivity contribution < 1.29 is 0 Å². The molecule has 0 amide bonds. The van der Waals surface area contributed by atoms with Crippen molar-refractivity contribution in [1.82, 2.24) is 4.90 Å². The van der Waals surface area contributed by atoms with Crippen molar-refractivity contribution in [2.45, 2.75) is 72.8 Å². The van der Waals surface area contributed by atoms with E-state index in [4.69, 9.17) is 0 Å². The van der Waals surface area contributed by atoms with E-state index in [-0.39, 0.29) is 0 Å². The molecular formula is C21H37N. The van der Waals surface area contributed by atoms with Gasteiger partial charge in [-0.25, -0.2) is 0 Å². The lowest BCUT2D eigenvalue weighted by molar-refractivity contribution is 0.249. The summed E-state index contributed by atoms with van der Waals surface area (Å²) in [5.41, 5.74) is 1.45. The van der Waals surface area contributed by atoms with Crippen LogP contribution in [0.15, 0.2) is 30.3 Å². The fourth-order valence-electron chi connectivity index (χ4n) is 2.89. The summed E-state index contributed by atoms with van der Waals surface area (Å²) in [7, 11) is 0. The zero-order chi connectivity index (χ0) is 16.2. The Hall–Kier alpha value is -0.820. The molecule has 0 saturated heterocycles. The molecule has 0 aromatic heterocycles. The second kappa shape index (κ2) is 11.7. The van der Waals surface area contributed by atoms with E-state index < -0.39 is 0 Å². The number of nitrogens with zero attached hydrogens (tertiary/aromatic N) is 1. The van der Waals surface area contributed by atoms with Gasteiger partial charge in [0, 0.05) is 6.54 Å². The summed E-state index contributed by atoms with van der Waals surface area (Å²) >= 11 is 0. The molecule has 126 valence electrons. The molecule has 0 fully saturated rings. The molecular weight excluding hydrogens is 266 g/mol. The van der Waals surface area contributed by atoms with Gasteiger partial charge in [-0.3, -0.25) is 4.90 Å². The van der Waals surface area contributed by atoms with Gasteiger partial charge >= 0.3 is 0 Å². The van der Waals surface area contributed by atoms with E-state index in [1.165, 1.54) is 57.2 Å². The van der Waals surface area contributed by atoms with Crippen LogP contribution in [0, 0.1) is 11.8 Å². The Balaban J connectivity index is 2.35. The molecule has 0 atom stereocenters. The average Bonchev–Trinajstić information content (AvgIpc) is 2.48. The van der Waals surface area contributed by atoms with Gasteiger partial charge in [-0.1, -0.05) is 83.7 Å². The minimum absolute atomic E-state index is 0.841. The first kappa shape index (κ1) is 19.2. The van der Waals surface area contributed by atoms with Crippen molar-refractivity contribution >= 4 is 0 Å². The van der Waals surface area contributed by atoms with E-state index >= 15 is 0 Å². The fraction of sp³-hybridized carbons (Fsp3) is 0.714. The van der Waals surface area contributed by atoms with Crippen LogP contribution in [-0.2, 0) is 6.54 Å². The van der Waals surface area contributed by atoms with E-state index in [1.807, 2.05) is 0 Å². The van der Waals surface area contributed by atoms with Gasteiger partial charge in [0.2, 0.25) is 0 Å². The highest BCUT2D eigenvalue weighted by Crippen LogP contribution is 2.12. The molecule has 1 nitrogen and oxygen atoms in total. The van der Waals surface area contributed by atoms with E-state index in [2.05, 4.69) is 62.9 Å². The number of hydrogen-bond acceptors (Lipinski definition) is 1. The summed E-state index contributed by atoms with van der Waals surface area (Å²) < 4.78 is 0. The lowest BCUT2D eigenvalue weighted by Crippen LogP contribution is -2.25. The van der Waals surface area contributed by atoms with Crippen molar-refractivity contribution in [2.24, 2.45) is 11.8 Å². The predicted octanol–water partition coefficient (Wildman–Crippen LogP) is 6.14. The van der Waals surface area contributed by atoms with Crippen LogP contribution in [-0.4, -0.2) is 18.0 Å². The smallest absolute Gasteiger partial charge is 0.0233 e. The molecule has 1 aromatic carbocycles. The second-order valence-electron chi connectivity index (χ2n) is 7.54. The molecule has 1 rings (SSSR count). The van der Waals surface area contributed by atoms with Gasteiger partial charge in [-0.2, -0.15) is 0 Å². The van der Waals surface area contributed by atoms with E-state index in [1.54, 1.807) is 0 Å². The Labute approximate surface area is 139 Å². The van der Waals surface area contributed by atoms with Crippen LogP contribution in [0.4, 0.5) is 0 Å². The van der Waals surface area contributed by atoms with Gasteiger partial charge in [-0.15, -0.1) is 0 Å². The van der Waals surface area contributed by atoms with Crippen molar-refractivity contribution in [3.8, 4) is 0 Å². The number of benzene rings is 1. The zero-order valence-corrected chi connectivity index (χ0v) is 15.4. The number of rotatable bonds is 12. The maximum Gasteiger partial charge on any atom is 0.0233 e. The second-order valence-corrected chi connectivity index (χ2v) is 7.54. The van der Waals surface area contributed by atoms with Gasteiger partial charge < -0.3 is 0 Å². The van der Waals surface area contributed by atoms with Crippen LogP contribution in [0.2, 0.25) is 0 Å². The molecule has 0 radical (unpaired) electrons.